The van der Waals surface area contributed by atoms with Gasteiger partial charge in [0.2, 0.25) is 10.1 Å². The van der Waals surface area contributed by atoms with Crippen molar-refractivity contribution in [2.24, 2.45) is 0 Å². The van der Waals surface area contributed by atoms with Gasteiger partial charge in [0, 0.05) is 5.57 Å². The number of ether oxygens (including phenoxy) is 2. The first-order valence-corrected chi connectivity index (χ1v) is 5.44. The van der Waals surface area contributed by atoms with Crippen molar-refractivity contribution in [2.75, 3.05) is 0 Å². The normalized spacial score (nSPS) is 15.6. The van der Waals surface area contributed by atoms with Gasteiger partial charge < -0.3 is 9.47 Å². The van der Waals surface area contributed by atoms with Crippen molar-refractivity contribution in [1.82, 2.24) is 0 Å². The zero-order valence-corrected chi connectivity index (χ0v) is 11.1. The molecule has 0 saturated carbocycles. The van der Waals surface area contributed by atoms with Gasteiger partial charge in [-0.25, -0.2) is 4.79 Å². The van der Waals surface area contributed by atoms with Crippen molar-refractivity contribution in [1.29, 1.82) is 0 Å². The molecule has 7 heteroatoms. The lowest BCUT2D eigenvalue weighted by Gasteiger charge is -2.22. The second-order valence-corrected chi connectivity index (χ2v) is 5.51. The lowest BCUT2D eigenvalue weighted by atomic mass is 10.4. The van der Waals surface area contributed by atoms with Crippen LogP contribution in [0.3, 0.4) is 0 Å². The van der Waals surface area contributed by atoms with Crippen molar-refractivity contribution in [3.05, 3.63) is 12.2 Å². The number of alkyl halides is 4. The molecular weight excluding hydrogens is 286 g/mol. The highest BCUT2D eigenvalue weighted by Crippen LogP contribution is 2.35. The summed E-state index contributed by atoms with van der Waals surface area (Å²) in [6.07, 6.45) is -0.924. The van der Waals surface area contributed by atoms with Crippen LogP contribution in [0.1, 0.15) is 13.8 Å². The third-order valence-corrected chi connectivity index (χ3v) is 2.55. The lowest BCUT2D eigenvalue weighted by Crippen LogP contribution is -2.29. The predicted octanol–water partition coefficient (Wildman–Crippen LogP) is 3.40. The van der Waals surface area contributed by atoms with Gasteiger partial charge in [0.25, 0.3) is 0 Å². The predicted molar refractivity (Wildman–Crippen MR) is 61.4 cm³/mol. The van der Waals surface area contributed by atoms with Crippen molar-refractivity contribution >= 4 is 52.4 Å². The minimum Gasteiger partial charge on any atom is -0.433 e. The smallest absolute Gasteiger partial charge is 0.335 e. The lowest BCUT2D eigenvalue weighted by molar-refractivity contribution is -0.173. The van der Waals surface area contributed by atoms with Crippen LogP contribution < -0.4 is 0 Å². The fraction of sp³-hybridized carbons (Fsp3) is 0.625. The van der Waals surface area contributed by atoms with E-state index < -0.39 is 21.6 Å². The molecule has 3 nitrogen and oxygen atoms in total. The maximum absolute atomic E-state index is 11.0. The highest BCUT2D eigenvalue weighted by Gasteiger charge is 2.33. The number of rotatable bonds is 4. The van der Waals surface area contributed by atoms with Crippen LogP contribution in [0.4, 0.5) is 0 Å². The van der Waals surface area contributed by atoms with E-state index in [2.05, 4.69) is 6.58 Å². The molecule has 0 aromatic rings. The largest absolute Gasteiger partial charge is 0.433 e. The summed E-state index contributed by atoms with van der Waals surface area (Å²) in [6, 6.07) is 0. The minimum absolute atomic E-state index is 0.241. The molecule has 2 unspecified atom stereocenters. The third kappa shape index (κ3) is 6.48. The van der Waals surface area contributed by atoms with Crippen LogP contribution in [-0.2, 0) is 14.3 Å². The molecule has 0 amide bonds. The van der Waals surface area contributed by atoms with Crippen LogP contribution in [0.25, 0.3) is 0 Å². The van der Waals surface area contributed by atoms with Crippen molar-refractivity contribution in [3.8, 4) is 0 Å². The van der Waals surface area contributed by atoms with E-state index in [1.54, 1.807) is 0 Å². The molecule has 0 bridgehead atoms. The van der Waals surface area contributed by atoms with Gasteiger partial charge in [-0.1, -0.05) is 53.0 Å². The number of carbonyl (C=O) groups is 1. The van der Waals surface area contributed by atoms with Crippen LogP contribution >= 0.6 is 46.4 Å². The second-order valence-electron chi connectivity index (χ2n) is 2.75. The monoisotopic (exact) mass is 294 g/mol. The van der Waals surface area contributed by atoms with Gasteiger partial charge in [-0.05, 0) is 13.8 Å². The molecule has 0 saturated heterocycles. The van der Waals surface area contributed by atoms with E-state index in [1.165, 1.54) is 13.8 Å². The first-order valence-electron chi connectivity index (χ1n) is 3.87. The zero-order chi connectivity index (χ0) is 12.2. The SMILES string of the molecule is C=C(C)C(=O)OC(C)OC(Cl)C(Cl)(Cl)Cl. The maximum Gasteiger partial charge on any atom is 0.335 e. The Morgan fingerprint density at radius 2 is 1.87 bits per heavy atom. The summed E-state index contributed by atoms with van der Waals surface area (Å²) in [5, 5.41) is 0. The van der Waals surface area contributed by atoms with E-state index in [9.17, 15) is 4.79 Å². The molecule has 2 atom stereocenters. The Hall–Kier alpha value is 0.330. The molecule has 0 aromatic heterocycles. The first-order chi connectivity index (χ1) is 6.64. The number of hydrogen-bond donors (Lipinski definition) is 0. The summed E-state index contributed by atoms with van der Waals surface area (Å²) in [4.78, 5) is 11.0. The van der Waals surface area contributed by atoms with E-state index in [-0.39, 0.29) is 5.57 Å². The van der Waals surface area contributed by atoms with Crippen LogP contribution in [0.15, 0.2) is 12.2 Å². The zero-order valence-electron chi connectivity index (χ0n) is 8.10. The summed E-state index contributed by atoms with van der Waals surface area (Å²) in [7, 11) is 0. The highest BCUT2D eigenvalue weighted by atomic mass is 35.6. The minimum atomic E-state index is -1.79. The van der Waals surface area contributed by atoms with Gasteiger partial charge in [-0.15, -0.1) is 0 Å². The fourth-order valence-electron chi connectivity index (χ4n) is 0.525. The van der Waals surface area contributed by atoms with Crippen molar-refractivity contribution in [2.45, 2.75) is 29.5 Å². The summed E-state index contributed by atoms with van der Waals surface area (Å²) in [5.74, 6) is -0.601. The molecular formula is C8H10Cl4O3. The summed E-state index contributed by atoms with van der Waals surface area (Å²) < 4.78 is 7.89. The van der Waals surface area contributed by atoms with Gasteiger partial charge in [-0.2, -0.15) is 0 Å². The fourth-order valence-corrected chi connectivity index (χ4v) is 0.824. The highest BCUT2D eigenvalue weighted by molar-refractivity contribution is 6.70. The van der Waals surface area contributed by atoms with Crippen LogP contribution in [0.5, 0.6) is 0 Å². The quantitative estimate of drug-likeness (QED) is 0.345. The molecule has 0 N–H and O–H groups in total. The Bertz CT molecular complexity index is 249. The molecule has 0 aliphatic rings. The molecule has 0 fully saturated rings. The molecule has 0 aliphatic heterocycles. The van der Waals surface area contributed by atoms with Crippen molar-refractivity contribution in [3.63, 3.8) is 0 Å². The summed E-state index contributed by atoms with van der Waals surface area (Å²) in [6.45, 7) is 6.35. The Kier molecular flexibility index (Phi) is 6.30. The summed E-state index contributed by atoms with van der Waals surface area (Å²) in [5.41, 5.74) is -0.971. The topological polar surface area (TPSA) is 35.5 Å². The van der Waals surface area contributed by atoms with Crippen LogP contribution in [0.2, 0.25) is 0 Å². The van der Waals surface area contributed by atoms with Crippen LogP contribution in [0, 0.1) is 0 Å². The molecule has 0 spiro atoms. The van der Waals surface area contributed by atoms with Gasteiger partial charge in [0.15, 0.2) is 5.56 Å². The molecule has 15 heavy (non-hydrogen) atoms. The van der Waals surface area contributed by atoms with Gasteiger partial charge >= 0.3 is 5.97 Å². The van der Waals surface area contributed by atoms with E-state index in [1.807, 2.05) is 0 Å². The maximum atomic E-state index is 11.0. The Morgan fingerprint density at radius 1 is 1.40 bits per heavy atom. The van der Waals surface area contributed by atoms with E-state index >= 15 is 0 Å². The second kappa shape index (κ2) is 6.16. The molecule has 0 heterocycles. The standard InChI is InChI=1S/C8H10Cl4O3/c1-4(2)6(13)14-5(3)15-7(9)8(10,11)12/h5,7H,1H2,2-3H3. The average Bonchev–Trinajstić information content (AvgIpc) is 2.01. The molecule has 0 rings (SSSR count). The van der Waals surface area contributed by atoms with Gasteiger partial charge in [-0.3, -0.25) is 0 Å². The molecule has 88 valence electrons. The van der Waals surface area contributed by atoms with E-state index in [4.69, 9.17) is 55.9 Å². The van der Waals surface area contributed by atoms with Crippen molar-refractivity contribution < 1.29 is 14.3 Å². The molecule has 0 aliphatic carbocycles. The van der Waals surface area contributed by atoms with Crippen LogP contribution in [-0.4, -0.2) is 21.6 Å². The summed E-state index contributed by atoms with van der Waals surface area (Å²) >= 11 is 21.9. The Labute approximate surface area is 108 Å². The number of carbonyl (C=O) groups excluding carboxylic acids is 1. The first kappa shape index (κ1) is 15.3. The van der Waals surface area contributed by atoms with E-state index in [0.717, 1.165) is 0 Å². The third-order valence-electron chi connectivity index (χ3n) is 1.19. The number of hydrogen-bond acceptors (Lipinski definition) is 3. The molecule has 0 radical (unpaired) electrons. The Morgan fingerprint density at radius 3 is 2.20 bits per heavy atom. The molecule has 0 aromatic carbocycles. The number of halogens is 4. The number of esters is 1. The average molecular weight is 296 g/mol. The van der Waals surface area contributed by atoms with E-state index in [0.29, 0.717) is 0 Å². The Balaban J connectivity index is 4.10. The van der Waals surface area contributed by atoms with Gasteiger partial charge in [0.05, 0.1) is 0 Å². The van der Waals surface area contributed by atoms with Gasteiger partial charge in [0.1, 0.15) is 0 Å².